The van der Waals surface area contributed by atoms with E-state index in [1.807, 2.05) is 0 Å². The second-order valence-electron chi connectivity index (χ2n) is 6.17. The van der Waals surface area contributed by atoms with E-state index in [0.717, 1.165) is 17.7 Å². The molecular weight excluding hydrogens is 384 g/mol. The third kappa shape index (κ3) is 3.88. The van der Waals surface area contributed by atoms with Crippen molar-refractivity contribution in [3.63, 3.8) is 0 Å². The zero-order valence-electron chi connectivity index (χ0n) is 13.7. The van der Waals surface area contributed by atoms with Crippen LogP contribution >= 0.6 is 11.6 Å². The highest BCUT2D eigenvalue weighted by Gasteiger charge is 2.40. The van der Waals surface area contributed by atoms with Crippen LogP contribution in [0.4, 0.5) is 8.78 Å². The van der Waals surface area contributed by atoms with Gasteiger partial charge in [-0.3, -0.25) is 4.79 Å². The predicted molar refractivity (Wildman–Crippen MR) is 93.7 cm³/mol. The third-order valence-electron chi connectivity index (χ3n) is 4.39. The van der Waals surface area contributed by atoms with E-state index in [1.165, 1.54) is 29.2 Å². The second-order valence-corrected chi connectivity index (χ2v) is 8.80. The summed E-state index contributed by atoms with van der Waals surface area (Å²) in [5.41, 5.74) is 0.737. The Labute approximate surface area is 155 Å². The summed E-state index contributed by atoms with van der Waals surface area (Å²) in [5, 5.41) is -0.679. The Kier molecular flexibility index (Phi) is 5.29. The number of hydrogen-bond acceptors (Lipinski definition) is 3. The first kappa shape index (κ1) is 18.8. The molecule has 0 aliphatic carbocycles. The molecule has 0 spiro atoms. The molecule has 26 heavy (non-hydrogen) atoms. The van der Waals surface area contributed by atoms with Gasteiger partial charge in [-0.2, -0.15) is 0 Å². The summed E-state index contributed by atoms with van der Waals surface area (Å²) < 4.78 is 50.9. The number of rotatable bonds is 5. The molecule has 0 bridgehead atoms. The molecule has 2 aromatic rings. The molecule has 2 aromatic carbocycles. The normalized spacial score (nSPS) is 15.0. The molecule has 138 valence electrons. The third-order valence-corrected chi connectivity index (χ3v) is 6.79. The fourth-order valence-corrected chi connectivity index (χ4v) is 4.62. The Bertz CT molecular complexity index is 926. The number of carbonyl (C=O) groups is 1. The van der Waals surface area contributed by atoms with Gasteiger partial charge in [-0.1, -0.05) is 17.7 Å². The van der Waals surface area contributed by atoms with Crippen LogP contribution in [-0.4, -0.2) is 37.6 Å². The number of sulfone groups is 1. The smallest absolute Gasteiger partial charge is 0.222 e. The Morgan fingerprint density at radius 3 is 2.38 bits per heavy atom. The van der Waals surface area contributed by atoms with Crippen LogP contribution in [-0.2, 0) is 21.1 Å². The summed E-state index contributed by atoms with van der Waals surface area (Å²) in [7, 11) is -3.58. The summed E-state index contributed by atoms with van der Waals surface area (Å²) in [6, 6.07) is 8.94. The van der Waals surface area contributed by atoms with Gasteiger partial charge in [-0.15, -0.1) is 0 Å². The minimum absolute atomic E-state index is 0.00403. The largest absolute Gasteiger partial charge is 0.340 e. The lowest BCUT2D eigenvalue weighted by molar-refractivity contribution is -0.134. The number of carbonyl (C=O) groups excluding carboxylic acids is 1. The van der Waals surface area contributed by atoms with E-state index in [4.69, 9.17) is 11.6 Å². The summed E-state index contributed by atoms with van der Waals surface area (Å²) in [6.45, 7) is 0.228. The first-order valence-corrected chi connectivity index (χ1v) is 9.91. The number of aryl methyl sites for hydroxylation is 1. The van der Waals surface area contributed by atoms with Crippen molar-refractivity contribution in [1.82, 2.24) is 4.90 Å². The van der Waals surface area contributed by atoms with Gasteiger partial charge in [0.25, 0.3) is 0 Å². The molecule has 4 nitrogen and oxygen atoms in total. The van der Waals surface area contributed by atoms with Crippen LogP contribution in [0.5, 0.6) is 0 Å². The SMILES string of the molecule is O=C(CCc1ccc(F)c(Cl)c1)N1CC(S(=O)(=O)c2ccc(F)cc2)C1. The first-order valence-electron chi connectivity index (χ1n) is 7.98. The van der Waals surface area contributed by atoms with Crippen molar-refractivity contribution in [2.75, 3.05) is 13.1 Å². The van der Waals surface area contributed by atoms with Crippen LogP contribution in [0.15, 0.2) is 47.4 Å². The van der Waals surface area contributed by atoms with Gasteiger partial charge in [-0.25, -0.2) is 17.2 Å². The zero-order chi connectivity index (χ0) is 18.9. The number of nitrogens with zero attached hydrogens (tertiary/aromatic N) is 1. The lowest BCUT2D eigenvalue weighted by Gasteiger charge is -2.38. The summed E-state index contributed by atoms with van der Waals surface area (Å²) in [5.74, 6) is -1.19. The first-order chi connectivity index (χ1) is 12.3. The average Bonchev–Trinajstić information content (AvgIpc) is 2.54. The van der Waals surface area contributed by atoms with E-state index in [0.29, 0.717) is 6.42 Å². The molecule has 1 saturated heterocycles. The molecule has 0 radical (unpaired) electrons. The molecule has 1 aliphatic rings. The van der Waals surface area contributed by atoms with E-state index in [9.17, 15) is 22.0 Å². The summed E-state index contributed by atoms with van der Waals surface area (Å²) in [6.07, 6.45) is 0.579. The maximum Gasteiger partial charge on any atom is 0.222 e. The van der Waals surface area contributed by atoms with E-state index < -0.39 is 26.7 Å². The van der Waals surface area contributed by atoms with Crippen molar-refractivity contribution in [2.24, 2.45) is 0 Å². The van der Waals surface area contributed by atoms with Crippen molar-refractivity contribution in [3.05, 3.63) is 64.7 Å². The van der Waals surface area contributed by atoms with E-state index in [-0.39, 0.29) is 35.3 Å². The maximum atomic E-state index is 13.1. The van der Waals surface area contributed by atoms with Crippen LogP contribution < -0.4 is 0 Å². The minimum Gasteiger partial charge on any atom is -0.340 e. The van der Waals surface area contributed by atoms with E-state index in [2.05, 4.69) is 0 Å². The van der Waals surface area contributed by atoms with Gasteiger partial charge in [0.05, 0.1) is 9.92 Å². The van der Waals surface area contributed by atoms with Gasteiger partial charge in [0.2, 0.25) is 5.91 Å². The highest BCUT2D eigenvalue weighted by molar-refractivity contribution is 7.92. The Morgan fingerprint density at radius 2 is 1.77 bits per heavy atom. The summed E-state index contributed by atoms with van der Waals surface area (Å²) in [4.78, 5) is 13.7. The molecule has 0 N–H and O–H groups in total. The highest BCUT2D eigenvalue weighted by Crippen LogP contribution is 2.25. The Hall–Kier alpha value is -1.99. The zero-order valence-corrected chi connectivity index (χ0v) is 15.2. The molecule has 0 atom stereocenters. The lowest BCUT2D eigenvalue weighted by atomic mass is 10.1. The van der Waals surface area contributed by atoms with Crippen LogP contribution in [0.3, 0.4) is 0 Å². The number of halogens is 3. The minimum atomic E-state index is -3.58. The van der Waals surface area contributed by atoms with Gasteiger partial charge < -0.3 is 4.90 Å². The molecule has 3 rings (SSSR count). The molecule has 1 fully saturated rings. The number of amides is 1. The standard InChI is InChI=1S/C18H16ClF2NO3S/c19-16-9-12(1-7-17(16)21)2-8-18(23)22-10-15(11-22)26(24,25)14-5-3-13(20)4-6-14/h1,3-7,9,15H,2,8,10-11H2. The fraction of sp³-hybridized carbons (Fsp3) is 0.278. The van der Waals surface area contributed by atoms with Gasteiger partial charge >= 0.3 is 0 Å². The molecule has 1 aliphatic heterocycles. The predicted octanol–water partition coefficient (Wildman–Crippen LogP) is 3.24. The maximum absolute atomic E-state index is 13.1. The average molecular weight is 400 g/mol. The molecule has 0 unspecified atom stereocenters. The van der Waals surface area contributed by atoms with Crippen LogP contribution in [0.2, 0.25) is 5.02 Å². The van der Waals surface area contributed by atoms with Gasteiger partial charge in [0.15, 0.2) is 9.84 Å². The lowest BCUT2D eigenvalue weighted by Crippen LogP contribution is -2.56. The second kappa shape index (κ2) is 7.32. The van der Waals surface area contributed by atoms with Crippen molar-refractivity contribution >= 4 is 27.3 Å². The van der Waals surface area contributed by atoms with E-state index >= 15 is 0 Å². The Balaban J connectivity index is 1.54. The molecular formula is C18H16ClF2NO3S. The van der Waals surface area contributed by atoms with Crippen LogP contribution in [0, 0.1) is 11.6 Å². The highest BCUT2D eigenvalue weighted by atomic mass is 35.5. The van der Waals surface area contributed by atoms with Gasteiger partial charge in [0.1, 0.15) is 16.9 Å². The molecule has 8 heteroatoms. The van der Waals surface area contributed by atoms with Crippen molar-refractivity contribution < 1.29 is 22.0 Å². The molecule has 0 saturated carbocycles. The van der Waals surface area contributed by atoms with Crippen molar-refractivity contribution in [2.45, 2.75) is 23.0 Å². The molecule has 1 amide bonds. The molecule has 0 aromatic heterocycles. The number of likely N-dealkylation sites (tertiary alicyclic amines) is 1. The van der Waals surface area contributed by atoms with Crippen molar-refractivity contribution in [1.29, 1.82) is 0 Å². The van der Waals surface area contributed by atoms with Crippen molar-refractivity contribution in [3.8, 4) is 0 Å². The topological polar surface area (TPSA) is 54.5 Å². The monoisotopic (exact) mass is 399 g/mol. The summed E-state index contributed by atoms with van der Waals surface area (Å²) >= 11 is 5.71. The fourth-order valence-electron chi connectivity index (χ4n) is 2.76. The quantitative estimate of drug-likeness (QED) is 0.725. The van der Waals surface area contributed by atoms with Gasteiger partial charge in [0, 0.05) is 19.5 Å². The number of hydrogen-bond donors (Lipinski definition) is 0. The van der Waals surface area contributed by atoms with Crippen LogP contribution in [0.1, 0.15) is 12.0 Å². The number of benzene rings is 2. The van der Waals surface area contributed by atoms with Gasteiger partial charge in [-0.05, 0) is 48.4 Å². The Morgan fingerprint density at radius 1 is 1.12 bits per heavy atom. The van der Waals surface area contributed by atoms with Crippen LogP contribution in [0.25, 0.3) is 0 Å². The van der Waals surface area contributed by atoms with E-state index in [1.54, 1.807) is 6.07 Å². The molecule has 1 heterocycles.